The molecule has 2 N–H and O–H groups in total. The Morgan fingerprint density at radius 1 is 1.21 bits per heavy atom. The van der Waals surface area contributed by atoms with Crippen molar-refractivity contribution in [3.05, 3.63) is 24.3 Å². The van der Waals surface area contributed by atoms with E-state index in [1.54, 1.807) is 13.8 Å². The summed E-state index contributed by atoms with van der Waals surface area (Å²) in [5, 5.41) is 2.58. The molecule has 0 unspecified atom stereocenters. The molecule has 1 atom stereocenters. The Bertz CT molecular complexity index is 753. The number of sulfonamides is 1. The van der Waals surface area contributed by atoms with E-state index in [9.17, 15) is 26.4 Å². The molecule has 29 heavy (non-hydrogen) atoms. The Hall–Kier alpha value is -1.85. The Labute approximate surface area is 169 Å². The van der Waals surface area contributed by atoms with Gasteiger partial charge in [-0.05, 0) is 50.2 Å². The van der Waals surface area contributed by atoms with Crippen LogP contribution in [0.4, 0.5) is 13.2 Å². The van der Waals surface area contributed by atoms with E-state index >= 15 is 0 Å². The summed E-state index contributed by atoms with van der Waals surface area (Å²) in [5.41, 5.74) is 0. The molecule has 0 aliphatic rings. The van der Waals surface area contributed by atoms with Crippen LogP contribution in [-0.2, 0) is 14.8 Å². The number of rotatable bonds is 11. The first-order valence-corrected chi connectivity index (χ1v) is 10.5. The minimum Gasteiger partial charge on any atom is -0.497 e. The molecule has 1 rings (SSSR count). The van der Waals surface area contributed by atoms with Gasteiger partial charge >= 0.3 is 6.18 Å². The van der Waals surface area contributed by atoms with E-state index in [1.807, 2.05) is 0 Å². The Balaban J connectivity index is 2.63. The van der Waals surface area contributed by atoms with Gasteiger partial charge in [0.15, 0.2) is 0 Å². The molecule has 7 nitrogen and oxygen atoms in total. The quantitative estimate of drug-likeness (QED) is 0.515. The topological polar surface area (TPSA) is 87.7 Å². The maximum Gasteiger partial charge on any atom is 0.401 e. The maximum atomic E-state index is 12.6. The highest BCUT2D eigenvalue weighted by atomic mass is 32.2. The molecular weight excluding hydrogens is 411 g/mol. The zero-order chi connectivity index (χ0) is 22.2. The number of alkyl halides is 3. The number of nitrogens with one attached hydrogen (secondary N) is 2. The molecular formula is C18H28F3N3O4S. The second-order valence-electron chi connectivity index (χ2n) is 7.02. The zero-order valence-electron chi connectivity index (χ0n) is 16.9. The van der Waals surface area contributed by atoms with Crippen molar-refractivity contribution in [2.75, 3.05) is 33.8 Å². The Kier molecular flexibility index (Phi) is 9.37. The smallest absolute Gasteiger partial charge is 0.401 e. The number of nitrogens with zero attached hydrogens (tertiary/aromatic N) is 1. The van der Waals surface area contributed by atoms with Gasteiger partial charge in [0.05, 0.1) is 18.6 Å². The number of halogens is 3. The van der Waals surface area contributed by atoms with Crippen LogP contribution in [0, 0.1) is 5.92 Å². The zero-order valence-corrected chi connectivity index (χ0v) is 17.7. The van der Waals surface area contributed by atoms with Crippen molar-refractivity contribution in [2.45, 2.75) is 37.4 Å². The summed E-state index contributed by atoms with van der Waals surface area (Å²) in [6, 6.07) is 4.71. The lowest BCUT2D eigenvalue weighted by molar-refractivity contribution is -0.143. The molecule has 0 bridgehead atoms. The van der Waals surface area contributed by atoms with E-state index in [1.165, 1.54) is 38.4 Å². The molecule has 0 aliphatic heterocycles. The average Bonchev–Trinajstić information content (AvgIpc) is 2.61. The third kappa shape index (κ3) is 9.01. The fourth-order valence-corrected chi connectivity index (χ4v) is 3.88. The molecule has 0 saturated carbocycles. The summed E-state index contributed by atoms with van der Waals surface area (Å²) in [7, 11) is -1.14. The summed E-state index contributed by atoms with van der Waals surface area (Å²) in [6.45, 7) is 2.63. The number of benzene rings is 1. The lowest BCUT2D eigenvalue weighted by atomic mass is 10.1. The number of ether oxygens (including phenoxy) is 1. The third-order valence-corrected chi connectivity index (χ3v) is 5.52. The van der Waals surface area contributed by atoms with Gasteiger partial charge in [-0.2, -0.15) is 17.9 Å². The van der Waals surface area contributed by atoms with Gasteiger partial charge < -0.3 is 10.1 Å². The number of carbonyl (C=O) groups excluding carboxylic acids is 1. The molecule has 1 aromatic rings. The molecule has 1 amide bonds. The standard InChI is InChI=1S/C18H28F3N3O4S/c1-13(2)16(17(25)22-10-5-11-24(3)12-18(19,20)21)23-29(26,27)15-8-6-14(28-4)7-9-15/h6-9,13,16,23H,5,10-12H2,1-4H3,(H,22,25)/t16-/m0/s1. The van der Waals surface area contributed by atoms with Crippen LogP contribution in [0.1, 0.15) is 20.3 Å². The monoisotopic (exact) mass is 439 g/mol. The van der Waals surface area contributed by atoms with Crippen LogP contribution in [0.5, 0.6) is 5.75 Å². The van der Waals surface area contributed by atoms with Gasteiger partial charge in [-0.1, -0.05) is 13.8 Å². The lowest BCUT2D eigenvalue weighted by Crippen LogP contribution is -2.50. The van der Waals surface area contributed by atoms with Crippen LogP contribution in [0.3, 0.4) is 0 Å². The number of amides is 1. The van der Waals surface area contributed by atoms with E-state index < -0.39 is 34.7 Å². The second-order valence-corrected chi connectivity index (χ2v) is 8.73. The SMILES string of the molecule is COc1ccc(S(=O)(=O)N[C@H](C(=O)NCCCN(C)CC(F)(F)F)C(C)C)cc1. The van der Waals surface area contributed by atoms with E-state index in [0.29, 0.717) is 12.2 Å². The first-order chi connectivity index (χ1) is 13.4. The number of methoxy groups -OCH3 is 1. The number of carbonyl (C=O) groups is 1. The van der Waals surface area contributed by atoms with Crippen molar-refractivity contribution in [1.29, 1.82) is 0 Å². The van der Waals surface area contributed by atoms with Gasteiger partial charge in [0.1, 0.15) is 11.8 Å². The van der Waals surface area contributed by atoms with Crippen LogP contribution < -0.4 is 14.8 Å². The van der Waals surface area contributed by atoms with Crippen LogP contribution in [-0.4, -0.2) is 65.2 Å². The van der Waals surface area contributed by atoms with Gasteiger partial charge in [0, 0.05) is 6.54 Å². The molecule has 0 saturated heterocycles. The third-order valence-electron chi connectivity index (χ3n) is 4.07. The van der Waals surface area contributed by atoms with E-state index in [0.717, 1.165) is 4.90 Å². The first kappa shape index (κ1) is 25.2. The lowest BCUT2D eigenvalue weighted by Gasteiger charge is -2.22. The number of hydrogen-bond acceptors (Lipinski definition) is 5. The van der Waals surface area contributed by atoms with Gasteiger partial charge in [0.25, 0.3) is 0 Å². The highest BCUT2D eigenvalue weighted by molar-refractivity contribution is 7.89. The molecule has 166 valence electrons. The van der Waals surface area contributed by atoms with Crippen molar-refractivity contribution in [3.63, 3.8) is 0 Å². The molecule has 1 aromatic carbocycles. The average molecular weight is 440 g/mol. The Morgan fingerprint density at radius 3 is 2.28 bits per heavy atom. The first-order valence-electron chi connectivity index (χ1n) is 9.05. The van der Waals surface area contributed by atoms with Gasteiger partial charge in [-0.3, -0.25) is 9.69 Å². The van der Waals surface area contributed by atoms with Crippen LogP contribution in [0.2, 0.25) is 0 Å². The van der Waals surface area contributed by atoms with Gasteiger partial charge in [-0.25, -0.2) is 8.42 Å². The molecule has 0 heterocycles. The van der Waals surface area contributed by atoms with E-state index in [4.69, 9.17) is 4.74 Å². The van der Waals surface area contributed by atoms with Crippen LogP contribution in [0.25, 0.3) is 0 Å². The normalized spacial score (nSPS) is 13.6. The summed E-state index contributed by atoms with van der Waals surface area (Å²) < 4.78 is 69.4. The summed E-state index contributed by atoms with van der Waals surface area (Å²) in [5.74, 6) is -0.371. The number of hydrogen-bond donors (Lipinski definition) is 2. The molecule has 0 aliphatic carbocycles. The largest absolute Gasteiger partial charge is 0.497 e. The van der Waals surface area contributed by atoms with Crippen molar-refractivity contribution in [1.82, 2.24) is 14.9 Å². The molecule has 11 heteroatoms. The Morgan fingerprint density at radius 2 is 1.79 bits per heavy atom. The van der Waals surface area contributed by atoms with Crippen LogP contribution in [0.15, 0.2) is 29.2 Å². The van der Waals surface area contributed by atoms with Crippen molar-refractivity contribution >= 4 is 15.9 Å². The highest BCUT2D eigenvalue weighted by Gasteiger charge is 2.30. The highest BCUT2D eigenvalue weighted by Crippen LogP contribution is 2.17. The predicted molar refractivity (Wildman–Crippen MR) is 103 cm³/mol. The van der Waals surface area contributed by atoms with Crippen LogP contribution >= 0.6 is 0 Å². The van der Waals surface area contributed by atoms with E-state index in [2.05, 4.69) is 10.0 Å². The molecule has 0 radical (unpaired) electrons. The summed E-state index contributed by atoms with van der Waals surface area (Å²) >= 11 is 0. The van der Waals surface area contributed by atoms with Crippen molar-refractivity contribution < 1.29 is 31.1 Å². The second kappa shape index (κ2) is 10.8. The minimum atomic E-state index is -4.28. The van der Waals surface area contributed by atoms with Crippen molar-refractivity contribution in [2.24, 2.45) is 5.92 Å². The van der Waals surface area contributed by atoms with E-state index in [-0.39, 0.29) is 23.9 Å². The molecule has 0 spiro atoms. The fourth-order valence-electron chi connectivity index (χ4n) is 2.54. The predicted octanol–water partition coefficient (Wildman–Crippen LogP) is 2.00. The fraction of sp³-hybridized carbons (Fsp3) is 0.611. The minimum absolute atomic E-state index is 0.00877. The molecule has 0 fully saturated rings. The van der Waals surface area contributed by atoms with Gasteiger partial charge in [-0.15, -0.1) is 0 Å². The summed E-state index contributed by atoms with van der Waals surface area (Å²) in [4.78, 5) is 13.5. The maximum absolute atomic E-state index is 12.6. The van der Waals surface area contributed by atoms with Crippen molar-refractivity contribution in [3.8, 4) is 5.75 Å². The van der Waals surface area contributed by atoms with Gasteiger partial charge in [0.2, 0.25) is 15.9 Å². The molecule has 0 aromatic heterocycles. The summed E-state index contributed by atoms with van der Waals surface area (Å²) in [6.07, 6.45) is -3.98.